The second kappa shape index (κ2) is 10.5. The molecule has 29 heavy (non-hydrogen) atoms. The van der Waals surface area contributed by atoms with Crippen LogP contribution < -0.4 is 4.74 Å². The monoisotopic (exact) mass is 433 g/mol. The summed E-state index contributed by atoms with van der Waals surface area (Å²) < 4.78 is 11.1. The van der Waals surface area contributed by atoms with Crippen molar-refractivity contribution in [3.8, 4) is 5.75 Å². The van der Waals surface area contributed by atoms with E-state index in [4.69, 9.17) is 32.4 Å². The molecule has 3 aromatic rings. The Hall–Kier alpha value is -2.31. The third kappa shape index (κ3) is 6.34. The third-order valence-corrected chi connectivity index (χ3v) is 4.90. The number of halogens is 2. The van der Waals surface area contributed by atoms with Gasteiger partial charge in [0.1, 0.15) is 24.2 Å². The van der Waals surface area contributed by atoms with Crippen molar-refractivity contribution in [1.29, 1.82) is 0 Å². The van der Waals surface area contributed by atoms with Crippen LogP contribution in [0, 0.1) is 0 Å². The molecule has 0 spiro atoms. The molecular formula is C22H21Cl2NO4. The van der Waals surface area contributed by atoms with E-state index in [2.05, 4.69) is 0 Å². The van der Waals surface area contributed by atoms with Gasteiger partial charge in [-0.3, -0.25) is 9.69 Å². The van der Waals surface area contributed by atoms with Crippen molar-refractivity contribution in [2.75, 3.05) is 13.2 Å². The van der Waals surface area contributed by atoms with E-state index >= 15 is 0 Å². The standard InChI is InChI=1S/C22H21Cl2NO4/c23-18-8-7-16(21(24)10-18)11-25(13-20-5-3-9-28-20)12-19(27)15-29-22-6-2-1-4-17(22)14-26/h1-10,14,19,27H,11-13,15H2. The molecule has 0 saturated heterocycles. The van der Waals surface area contributed by atoms with E-state index in [0.717, 1.165) is 17.6 Å². The van der Waals surface area contributed by atoms with Gasteiger partial charge in [0, 0.05) is 23.1 Å². The molecule has 3 rings (SSSR count). The van der Waals surface area contributed by atoms with Crippen molar-refractivity contribution in [3.05, 3.63) is 87.8 Å². The predicted octanol–water partition coefficient (Wildman–Crippen LogP) is 4.84. The van der Waals surface area contributed by atoms with Crippen LogP contribution in [0.1, 0.15) is 21.7 Å². The Morgan fingerprint density at radius 2 is 1.93 bits per heavy atom. The lowest BCUT2D eigenvalue weighted by molar-refractivity contribution is 0.0601. The van der Waals surface area contributed by atoms with Gasteiger partial charge in [-0.2, -0.15) is 0 Å². The number of carbonyl (C=O) groups is 1. The van der Waals surface area contributed by atoms with E-state index < -0.39 is 6.10 Å². The smallest absolute Gasteiger partial charge is 0.153 e. The van der Waals surface area contributed by atoms with E-state index in [-0.39, 0.29) is 6.61 Å². The van der Waals surface area contributed by atoms with Crippen molar-refractivity contribution in [2.45, 2.75) is 19.2 Å². The number of aliphatic hydroxyl groups excluding tert-OH is 1. The number of para-hydroxylation sites is 1. The quantitative estimate of drug-likeness (QED) is 0.463. The minimum absolute atomic E-state index is 0.0495. The number of furan rings is 1. The van der Waals surface area contributed by atoms with Gasteiger partial charge in [0.2, 0.25) is 0 Å². The van der Waals surface area contributed by atoms with Crippen LogP contribution >= 0.6 is 23.2 Å². The van der Waals surface area contributed by atoms with Gasteiger partial charge in [-0.25, -0.2) is 0 Å². The van der Waals surface area contributed by atoms with Crippen molar-refractivity contribution in [2.24, 2.45) is 0 Å². The summed E-state index contributed by atoms with van der Waals surface area (Å²) in [6.45, 7) is 1.36. The van der Waals surface area contributed by atoms with Crippen LogP contribution in [0.5, 0.6) is 5.75 Å². The summed E-state index contributed by atoms with van der Waals surface area (Å²) in [6.07, 6.45) is 1.56. The number of carbonyl (C=O) groups excluding carboxylic acids is 1. The molecule has 0 aliphatic carbocycles. The van der Waals surface area contributed by atoms with E-state index in [0.29, 0.717) is 41.0 Å². The van der Waals surface area contributed by atoms with Crippen LogP contribution in [0.2, 0.25) is 10.0 Å². The molecule has 1 heterocycles. The Kier molecular flexibility index (Phi) is 7.72. The molecule has 1 aromatic heterocycles. The molecule has 1 N–H and O–H groups in total. The van der Waals surface area contributed by atoms with E-state index in [9.17, 15) is 9.90 Å². The molecule has 7 heteroatoms. The lowest BCUT2D eigenvalue weighted by Gasteiger charge is -2.25. The SMILES string of the molecule is O=Cc1ccccc1OCC(O)CN(Cc1ccco1)Cc1ccc(Cl)cc1Cl. The Morgan fingerprint density at radius 3 is 2.66 bits per heavy atom. The molecule has 0 aliphatic heterocycles. The number of rotatable bonds is 10. The zero-order chi connectivity index (χ0) is 20.6. The van der Waals surface area contributed by atoms with Gasteiger partial charge in [0.05, 0.1) is 18.4 Å². The van der Waals surface area contributed by atoms with Crippen molar-refractivity contribution >= 4 is 29.5 Å². The molecular weight excluding hydrogens is 413 g/mol. The lowest BCUT2D eigenvalue weighted by Crippen LogP contribution is -2.35. The van der Waals surface area contributed by atoms with Gasteiger partial charge in [-0.15, -0.1) is 0 Å². The lowest BCUT2D eigenvalue weighted by atomic mass is 10.2. The number of benzene rings is 2. The summed E-state index contributed by atoms with van der Waals surface area (Å²) in [5, 5.41) is 11.7. The van der Waals surface area contributed by atoms with Crippen LogP contribution in [-0.2, 0) is 13.1 Å². The Bertz CT molecular complexity index is 930. The van der Waals surface area contributed by atoms with Gasteiger partial charge in [-0.05, 0) is 42.0 Å². The van der Waals surface area contributed by atoms with Crippen LogP contribution in [0.15, 0.2) is 65.3 Å². The summed E-state index contributed by atoms with van der Waals surface area (Å²) in [7, 11) is 0. The molecule has 5 nitrogen and oxygen atoms in total. The highest BCUT2D eigenvalue weighted by Crippen LogP contribution is 2.23. The topological polar surface area (TPSA) is 62.9 Å². The van der Waals surface area contributed by atoms with Gasteiger partial charge < -0.3 is 14.3 Å². The number of ether oxygens (including phenoxy) is 1. The molecule has 2 aromatic carbocycles. The third-order valence-electron chi connectivity index (χ3n) is 4.31. The maximum atomic E-state index is 11.1. The highest BCUT2D eigenvalue weighted by atomic mass is 35.5. The Balaban J connectivity index is 1.66. The number of hydrogen-bond donors (Lipinski definition) is 1. The average Bonchev–Trinajstić information content (AvgIpc) is 3.21. The minimum atomic E-state index is -0.782. The zero-order valence-electron chi connectivity index (χ0n) is 15.6. The maximum Gasteiger partial charge on any atom is 0.153 e. The Labute approximate surface area is 179 Å². The first-order chi connectivity index (χ1) is 14.0. The minimum Gasteiger partial charge on any atom is -0.490 e. The molecule has 0 bridgehead atoms. The number of nitrogens with zero attached hydrogens (tertiary/aromatic N) is 1. The first-order valence-corrected chi connectivity index (χ1v) is 9.84. The first-order valence-electron chi connectivity index (χ1n) is 9.09. The van der Waals surface area contributed by atoms with Crippen LogP contribution in [0.4, 0.5) is 0 Å². The second-order valence-electron chi connectivity index (χ2n) is 6.61. The number of aliphatic hydroxyl groups is 1. The molecule has 0 fully saturated rings. The normalized spacial score (nSPS) is 12.1. The Morgan fingerprint density at radius 1 is 1.10 bits per heavy atom. The van der Waals surface area contributed by atoms with E-state index in [1.54, 1.807) is 42.7 Å². The fraction of sp³-hybridized carbons (Fsp3) is 0.227. The van der Waals surface area contributed by atoms with Crippen molar-refractivity contribution in [1.82, 2.24) is 4.90 Å². The largest absolute Gasteiger partial charge is 0.490 e. The fourth-order valence-electron chi connectivity index (χ4n) is 2.94. The average molecular weight is 434 g/mol. The van der Waals surface area contributed by atoms with Crippen LogP contribution in [-0.4, -0.2) is 35.5 Å². The fourth-order valence-corrected chi connectivity index (χ4v) is 3.41. The van der Waals surface area contributed by atoms with Gasteiger partial charge >= 0.3 is 0 Å². The molecule has 1 unspecified atom stereocenters. The van der Waals surface area contributed by atoms with Crippen molar-refractivity contribution in [3.63, 3.8) is 0 Å². The van der Waals surface area contributed by atoms with E-state index in [1.807, 2.05) is 23.1 Å². The predicted molar refractivity (Wildman–Crippen MR) is 113 cm³/mol. The zero-order valence-corrected chi connectivity index (χ0v) is 17.1. The molecule has 1 atom stereocenters. The van der Waals surface area contributed by atoms with Crippen LogP contribution in [0.25, 0.3) is 0 Å². The molecule has 0 aliphatic rings. The number of aldehydes is 1. The van der Waals surface area contributed by atoms with Gasteiger partial charge in [0.15, 0.2) is 6.29 Å². The molecule has 0 amide bonds. The highest BCUT2D eigenvalue weighted by Gasteiger charge is 2.17. The summed E-state index contributed by atoms with van der Waals surface area (Å²) in [4.78, 5) is 13.1. The summed E-state index contributed by atoms with van der Waals surface area (Å²) in [6, 6.07) is 15.9. The first kappa shape index (κ1) is 21.4. The summed E-state index contributed by atoms with van der Waals surface area (Å²) >= 11 is 12.3. The van der Waals surface area contributed by atoms with Crippen molar-refractivity contribution < 1.29 is 19.1 Å². The van der Waals surface area contributed by atoms with Gasteiger partial charge in [0.25, 0.3) is 0 Å². The van der Waals surface area contributed by atoms with Crippen LogP contribution in [0.3, 0.4) is 0 Å². The van der Waals surface area contributed by atoms with Gasteiger partial charge in [-0.1, -0.05) is 41.4 Å². The summed E-state index contributed by atoms with van der Waals surface area (Å²) in [5.74, 6) is 1.22. The van der Waals surface area contributed by atoms with E-state index in [1.165, 1.54) is 0 Å². The highest BCUT2D eigenvalue weighted by molar-refractivity contribution is 6.35. The molecule has 152 valence electrons. The number of hydrogen-bond acceptors (Lipinski definition) is 5. The second-order valence-corrected chi connectivity index (χ2v) is 7.45. The molecule has 0 radical (unpaired) electrons. The summed E-state index contributed by atoms with van der Waals surface area (Å²) in [5.41, 5.74) is 1.34. The maximum absolute atomic E-state index is 11.1. The molecule has 0 saturated carbocycles.